The molecular formula is C18H22FNO3. The molecule has 1 heterocycles. The molecule has 1 aromatic carbocycles. The molecule has 1 aliphatic heterocycles. The first-order chi connectivity index (χ1) is 10.8. The molecular weight excluding hydrogens is 297 g/mol. The molecule has 1 saturated heterocycles. The Kier molecular flexibility index (Phi) is 3.69. The molecule has 124 valence electrons. The second-order valence-electron chi connectivity index (χ2n) is 7.15. The molecule has 0 radical (unpaired) electrons. The van der Waals surface area contributed by atoms with Crippen LogP contribution in [0.2, 0.25) is 0 Å². The van der Waals surface area contributed by atoms with Crippen LogP contribution in [0.3, 0.4) is 0 Å². The van der Waals surface area contributed by atoms with E-state index in [1.54, 1.807) is 23.1 Å². The summed E-state index contributed by atoms with van der Waals surface area (Å²) in [7, 11) is 0. The van der Waals surface area contributed by atoms with Crippen LogP contribution in [0.1, 0.15) is 38.7 Å². The fraction of sp³-hybridized carbons (Fsp3) is 0.556. The van der Waals surface area contributed by atoms with Gasteiger partial charge < -0.3 is 10.0 Å². The van der Waals surface area contributed by atoms with E-state index in [1.807, 2.05) is 13.8 Å². The first-order valence-electron chi connectivity index (χ1n) is 8.11. The maximum atomic E-state index is 14.1. The van der Waals surface area contributed by atoms with Gasteiger partial charge in [0.1, 0.15) is 5.82 Å². The molecule has 1 saturated carbocycles. The molecule has 1 atom stereocenters. The maximum absolute atomic E-state index is 14.1. The normalized spacial score (nSPS) is 25.7. The van der Waals surface area contributed by atoms with E-state index in [0.717, 1.165) is 0 Å². The van der Waals surface area contributed by atoms with Gasteiger partial charge in [-0.05, 0) is 31.2 Å². The fourth-order valence-corrected chi connectivity index (χ4v) is 3.77. The minimum absolute atomic E-state index is 0.0542. The third kappa shape index (κ3) is 2.33. The van der Waals surface area contributed by atoms with Crippen molar-refractivity contribution in [2.45, 2.75) is 38.5 Å². The van der Waals surface area contributed by atoms with Crippen molar-refractivity contribution in [3.8, 4) is 0 Å². The zero-order valence-corrected chi connectivity index (χ0v) is 13.5. The van der Waals surface area contributed by atoms with Crippen molar-refractivity contribution in [3.63, 3.8) is 0 Å². The first-order valence-corrected chi connectivity index (χ1v) is 8.11. The summed E-state index contributed by atoms with van der Waals surface area (Å²) in [6, 6.07) is 6.40. The minimum Gasteiger partial charge on any atom is -0.481 e. The van der Waals surface area contributed by atoms with Gasteiger partial charge in [-0.25, -0.2) is 4.39 Å². The van der Waals surface area contributed by atoms with Crippen molar-refractivity contribution in [2.24, 2.45) is 11.3 Å². The van der Waals surface area contributed by atoms with Crippen molar-refractivity contribution >= 4 is 11.9 Å². The van der Waals surface area contributed by atoms with Gasteiger partial charge >= 0.3 is 5.97 Å². The van der Waals surface area contributed by atoms with Crippen LogP contribution in [0.15, 0.2) is 24.3 Å². The summed E-state index contributed by atoms with van der Waals surface area (Å²) in [5.41, 5.74) is -1.22. The van der Waals surface area contributed by atoms with E-state index >= 15 is 0 Å². The largest absolute Gasteiger partial charge is 0.481 e. The van der Waals surface area contributed by atoms with E-state index in [2.05, 4.69) is 0 Å². The van der Waals surface area contributed by atoms with E-state index in [-0.39, 0.29) is 24.2 Å². The number of amides is 1. The fourth-order valence-electron chi connectivity index (χ4n) is 3.77. The molecule has 0 spiro atoms. The number of carboxylic acids is 1. The van der Waals surface area contributed by atoms with Gasteiger partial charge in [0.25, 0.3) is 0 Å². The lowest BCUT2D eigenvalue weighted by atomic mass is 9.76. The summed E-state index contributed by atoms with van der Waals surface area (Å²) in [4.78, 5) is 26.3. The van der Waals surface area contributed by atoms with E-state index in [0.29, 0.717) is 31.4 Å². The van der Waals surface area contributed by atoms with Crippen molar-refractivity contribution in [3.05, 3.63) is 35.6 Å². The van der Waals surface area contributed by atoms with Gasteiger partial charge in [0, 0.05) is 18.7 Å². The Balaban J connectivity index is 1.86. The number of hydrogen-bond acceptors (Lipinski definition) is 2. The Morgan fingerprint density at radius 3 is 2.35 bits per heavy atom. The van der Waals surface area contributed by atoms with Crippen LogP contribution in [0.4, 0.5) is 4.39 Å². The predicted molar refractivity (Wildman–Crippen MR) is 83.4 cm³/mol. The van der Waals surface area contributed by atoms with Gasteiger partial charge in [-0.15, -0.1) is 0 Å². The third-order valence-electron chi connectivity index (χ3n) is 5.67. The van der Waals surface area contributed by atoms with Gasteiger partial charge in [-0.1, -0.05) is 32.0 Å². The number of carbonyl (C=O) groups excluding carboxylic acids is 1. The molecule has 1 N–H and O–H groups in total. The van der Waals surface area contributed by atoms with Crippen LogP contribution in [0, 0.1) is 17.2 Å². The molecule has 0 aromatic heterocycles. The monoisotopic (exact) mass is 319 g/mol. The Hall–Kier alpha value is -1.91. The van der Waals surface area contributed by atoms with Crippen LogP contribution in [-0.4, -0.2) is 35.0 Å². The van der Waals surface area contributed by atoms with E-state index < -0.39 is 16.8 Å². The van der Waals surface area contributed by atoms with E-state index in [9.17, 15) is 19.1 Å². The lowest BCUT2D eigenvalue weighted by molar-refractivity contribution is -0.151. The number of likely N-dealkylation sites (tertiary alicyclic amines) is 1. The minimum atomic E-state index is -0.888. The molecule has 1 aromatic rings. The lowest BCUT2D eigenvalue weighted by Crippen LogP contribution is -2.43. The highest BCUT2D eigenvalue weighted by atomic mass is 19.1. The van der Waals surface area contributed by atoms with Gasteiger partial charge in [0.05, 0.1) is 10.8 Å². The topological polar surface area (TPSA) is 57.6 Å². The summed E-state index contributed by atoms with van der Waals surface area (Å²) < 4.78 is 14.1. The number of halogens is 1. The molecule has 0 bridgehead atoms. The van der Waals surface area contributed by atoms with Crippen molar-refractivity contribution < 1.29 is 19.1 Å². The highest BCUT2D eigenvalue weighted by Crippen LogP contribution is 2.52. The second kappa shape index (κ2) is 5.32. The first kappa shape index (κ1) is 16.0. The molecule has 1 unspecified atom stereocenters. The van der Waals surface area contributed by atoms with Crippen LogP contribution in [-0.2, 0) is 15.0 Å². The number of aliphatic carboxylic acids is 1. The zero-order valence-electron chi connectivity index (χ0n) is 13.5. The van der Waals surface area contributed by atoms with Crippen LogP contribution in [0.25, 0.3) is 0 Å². The van der Waals surface area contributed by atoms with Crippen LogP contribution < -0.4 is 0 Å². The maximum Gasteiger partial charge on any atom is 0.311 e. The summed E-state index contributed by atoms with van der Waals surface area (Å²) >= 11 is 0. The number of carbonyl (C=O) groups is 2. The Bertz CT molecular complexity index is 653. The third-order valence-corrected chi connectivity index (χ3v) is 5.67. The highest BCUT2D eigenvalue weighted by Gasteiger charge is 2.57. The molecule has 5 heteroatoms. The second-order valence-corrected chi connectivity index (χ2v) is 7.15. The quantitative estimate of drug-likeness (QED) is 0.928. The number of rotatable bonds is 4. The predicted octanol–water partition coefficient (Wildman–Crippen LogP) is 2.82. The van der Waals surface area contributed by atoms with Gasteiger partial charge in [-0.2, -0.15) is 0 Å². The highest BCUT2D eigenvalue weighted by molar-refractivity contribution is 5.92. The summed E-state index contributed by atoms with van der Waals surface area (Å²) in [5.74, 6) is -1.38. The number of nitrogens with zero attached hydrogens (tertiary/aromatic N) is 1. The lowest BCUT2D eigenvalue weighted by Gasteiger charge is -2.30. The van der Waals surface area contributed by atoms with Gasteiger partial charge in [-0.3, -0.25) is 9.59 Å². The van der Waals surface area contributed by atoms with Crippen molar-refractivity contribution in [2.75, 3.05) is 13.1 Å². The van der Waals surface area contributed by atoms with Gasteiger partial charge in [0.2, 0.25) is 5.91 Å². The van der Waals surface area contributed by atoms with Crippen LogP contribution >= 0.6 is 0 Å². The molecule has 4 nitrogen and oxygen atoms in total. The van der Waals surface area contributed by atoms with Crippen molar-refractivity contribution in [1.29, 1.82) is 0 Å². The number of benzene rings is 1. The molecule has 1 aliphatic carbocycles. The standard InChI is InChI=1S/C18H22FNO3/c1-12(2)18(16(22)23)9-10-20(11-18)15(21)17(7-8-17)13-5-3-4-6-14(13)19/h3-6,12H,7-11H2,1-2H3,(H,22,23). The molecule has 2 fully saturated rings. The summed E-state index contributed by atoms with van der Waals surface area (Å²) in [6.45, 7) is 4.41. The SMILES string of the molecule is CC(C)C1(C(=O)O)CCN(C(=O)C2(c3ccccc3F)CC2)C1. The molecule has 1 amide bonds. The molecule has 2 aliphatic rings. The van der Waals surface area contributed by atoms with Crippen molar-refractivity contribution in [1.82, 2.24) is 4.90 Å². The molecule has 23 heavy (non-hydrogen) atoms. The van der Waals surface area contributed by atoms with Crippen LogP contribution in [0.5, 0.6) is 0 Å². The van der Waals surface area contributed by atoms with E-state index in [4.69, 9.17) is 0 Å². The Morgan fingerprint density at radius 1 is 1.22 bits per heavy atom. The molecule has 3 rings (SSSR count). The summed E-state index contributed by atoms with van der Waals surface area (Å²) in [5, 5.41) is 9.62. The average molecular weight is 319 g/mol. The Labute approximate surface area is 135 Å². The van der Waals surface area contributed by atoms with E-state index in [1.165, 1.54) is 6.07 Å². The zero-order chi connectivity index (χ0) is 16.8. The van der Waals surface area contributed by atoms with Gasteiger partial charge in [0.15, 0.2) is 0 Å². The summed E-state index contributed by atoms with van der Waals surface area (Å²) in [6.07, 6.45) is 1.72. The number of hydrogen-bond donors (Lipinski definition) is 1. The number of carboxylic acid groups (broad SMARTS) is 1. The smallest absolute Gasteiger partial charge is 0.311 e. The Morgan fingerprint density at radius 2 is 1.87 bits per heavy atom. The average Bonchev–Trinajstić information content (AvgIpc) is 3.17.